The summed E-state index contributed by atoms with van der Waals surface area (Å²) in [5.41, 5.74) is 7.46. The second-order valence-electron chi connectivity index (χ2n) is 4.49. The average molecular weight is 301 g/mol. The van der Waals surface area contributed by atoms with Gasteiger partial charge in [-0.15, -0.1) is 11.3 Å². The van der Waals surface area contributed by atoms with Crippen molar-refractivity contribution >= 4 is 34.3 Å². The van der Waals surface area contributed by atoms with Gasteiger partial charge in [0, 0.05) is 17.5 Å². The third-order valence-electron chi connectivity index (χ3n) is 2.87. The monoisotopic (exact) mass is 300 g/mol. The van der Waals surface area contributed by atoms with Gasteiger partial charge in [0.1, 0.15) is 0 Å². The summed E-state index contributed by atoms with van der Waals surface area (Å²) in [4.78, 5) is 3.52. The lowest BCUT2D eigenvalue weighted by molar-refractivity contribution is 0.214. The average Bonchev–Trinajstić information content (AvgIpc) is 2.90. The molecule has 2 rings (SSSR count). The van der Waals surface area contributed by atoms with Gasteiger partial charge < -0.3 is 5.73 Å². The molecule has 2 aromatic rings. The van der Waals surface area contributed by atoms with Crippen LogP contribution in [0.25, 0.3) is 0 Å². The van der Waals surface area contributed by atoms with Gasteiger partial charge in [-0.2, -0.15) is 11.3 Å². The van der Waals surface area contributed by atoms with Crippen molar-refractivity contribution in [2.24, 2.45) is 5.73 Å². The second-order valence-corrected chi connectivity index (χ2v) is 7.02. The lowest BCUT2D eigenvalue weighted by Gasteiger charge is -2.30. The fraction of sp³-hybridized carbons (Fsp3) is 0.385. The van der Waals surface area contributed by atoms with Gasteiger partial charge in [-0.25, -0.2) is 0 Å². The largest absolute Gasteiger partial charge is 0.326 e. The van der Waals surface area contributed by atoms with Crippen LogP contribution in [0, 0.1) is 0 Å². The highest BCUT2D eigenvalue weighted by atomic mass is 35.5. The molecule has 98 valence electrons. The van der Waals surface area contributed by atoms with E-state index in [-0.39, 0.29) is 12.1 Å². The predicted molar refractivity (Wildman–Crippen MR) is 81.5 cm³/mol. The minimum atomic E-state index is 0.0725. The van der Waals surface area contributed by atoms with E-state index in [1.54, 1.807) is 22.7 Å². The predicted octanol–water partition coefficient (Wildman–Crippen LogP) is 3.98. The third-order valence-corrected chi connectivity index (χ3v) is 4.90. The van der Waals surface area contributed by atoms with Gasteiger partial charge in [-0.3, -0.25) is 4.90 Å². The van der Waals surface area contributed by atoms with Crippen LogP contribution >= 0.6 is 34.3 Å². The van der Waals surface area contributed by atoms with E-state index in [0.717, 1.165) is 10.9 Å². The Bertz CT molecular complexity index is 479. The Labute approximate surface area is 121 Å². The molecule has 0 spiro atoms. The Morgan fingerprint density at radius 3 is 2.67 bits per heavy atom. The van der Waals surface area contributed by atoms with Crippen LogP contribution in [0.15, 0.2) is 29.0 Å². The van der Waals surface area contributed by atoms with E-state index in [1.807, 2.05) is 13.0 Å². The first-order valence-electron chi connectivity index (χ1n) is 5.80. The number of nitrogens with two attached hydrogens (primary N) is 1. The Morgan fingerprint density at radius 1 is 1.39 bits per heavy atom. The molecule has 0 aliphatic rings. The van der Waals surface area contributed by atoms with Crippen molar-refractivity contribution in [2.75, 3.05) is 7.05 Å². The van der Waals surface area contributed by atoms with E-state index in [1.165, 1.54) is 10.4 Å². The van der Waals surface area contributed by atoms with Crippen molar-refractivity contribution in [1.82, 2.24) is 4.90 Å². The van der Waals surface area contributed by atoms with Crippen LogP contribution < -0.4 is 5.73 Å². The number of nitrogens with zero attached hydrogens (tertiary/aromatic N) is 1. The molecule has 0 saturated carbocycles. The van der Waals surface area contributed by atoms with Gasteiger partial charge in [0.25, 0.3) is 0 Å². The molecule has 2 aromatic heterocycles. The molecule has 0 aliphatic heterocycles. The zero-order valence-corrected chi connectivity index (χ0v) is 12.9. The maximum absolute atomic E-state index is 6.13. The van der Waals surface area contributed by atoms with E-state index < -0.39 is 0 Å². The van der Waals surface area contributed by atoms with E-state index in [4.69, 9.17) is 17.3 Å². The quantitative estimate of drug-likeness (QED) is 0.905. The first kappa shape index (κ1) is 14.0. The first-order valence-corrected chi connectivity index (χ1v) is 7.94. The SMILES string of the molecule is CC(N)C(c1ccc(Cl)s1)N(C)Cc1ccsc1. The number of likely N-dealkylation sites (N-methyl/N-ethyl adjacent to an activating group) is 1. The Hall–Kier alpha value is -0.390. The van der Waals surface area contributed by atoms with Gasteiger partial charge in [-0.1, -0.05) is 11.6 Å². The van der Waals surface area contributed by atoms with Crippen molar-refractivity contribution in [1.29, 1.82) is 0 Å². The first-order chi connectivity index (χ1) is 8.58. The highest BCUT2D eigenvalue weighted by Crippen LogP contribution is 2.32. The molecule has 0 aliphatic carbocycles. The summed E-state index contributed by atoms with van der Waals surface area (Å²) in [5, 5.41) is 4.28. The molecule has 0 amide bonds. The minimum absolute atomic E-state index is 0.0725. The van der Waals surface area contributed by atoms with E-state index >= 15 is 0 Å². The maximum Gasteiger partial charge on any atom is 0.0931 e. The summed E-state index contributed by atoms with van der Waals surface area (Å²) in [7, 11) is 2.11. The number of hydrogen-bond acceptors (Lipinski definition) is 4. The summed E-state index contributed by atoms with van der Waals surface area (Å²) in [5.74, 6) is 0. The van der Waals surface area contributed by atoms with Crippen LogP contribution in [0.5, 0.6) is 0 Å². The molecule has 2 atom stereocenters. The van der Waals surface area contributed by atoms with E-state index in [0.29, 0.717) is 0 Å². The fourth-order valence-electron chi connectivity index (χ4n) is 2.13. The van der Waals surface area contributed by atoms with E-state index in [9.17, 15) is 0 Å². The summed E-state index contributed by atoms with van der Waals surface area (Å²) in [6.45, 7) is 2.95. The lowest BCUT2D eigenvalue weighted by atomic mass is 10.1. The summed E-state index contributed by atoms with van der Waals surface area (Å²) >= 11 is 9.35. The van der Waals surface area contributed by atoms with Crippen LogP contribution in [0.3, 0.4) is 0 Å². The Balaban J connectivity index is 2.15. The summed E-state index contributed by atoms with van der Waals surface area (Å²) in [6, 6.07) is 6.45. The second kappa shape index (κ2) is 6.17. The standard InChI is InChI=1S/C13H17ClN2S2/c1-9(15)13(11-3-4-12(14)18-11)16(2)7-10-5-6-17-8-10/h3-6,8-9,13H,7,15H2,1-2H3. The minimum Gasteiger partial charge on any atom is -0.326 e. The van der Waals surface area contributed by atoms with Crippen molar-refractivity contribution in [2.45, 2.75) is 25.6 Å². The normalized spacial score (nSPS) is 14.9. The van der Waals surface area contributed by atoms with E-state index in [2.05, 4.69) is 34.8 Å². The molecular weight excluding hydrogens is 284 g/mol. The zero-order chi connectivity index (χ0) is 13.1. The summed E-state index contributed by atoms with van der Waals surface area (Å²) in [6.07, 6.45) is 0. The molecule has 2 heterocycles. The number of halogens is 1. The Kier molecular flexibility index (Phi) is 4.81. The zero-order valence-electron chi connectivity index (χ0n) is 10.5. The molecule has 0 radical (unpaired) electrons. The molecule has 0 aromatic carbocycles. The number of thiophene rings is 2. The van der Waals surface area contributed by atoms with Crippen LogP contribution in [-0.4, -0.2) is 18.0 Å². The molecule has 2 nitrogen and oxygen atoms in total. The van der Waals surface area contributed by atoms with Gasteiger partial charge in [0.05, 0.1) is 10.4 Å². The van der Waals surface area contributed by atoms with Crippen molar-refractivity contribution in [3.8, 4) is 0 Å². The van der Waals surface area contributed by atoms with Crippen molar-refractivity contribution in [3.05, 3.63) is 43.7 Å². The van der Waals surface area contributed by atoms with Crippen LogP contribution in [0.2, 0.25) is 4.34 Å². The van der Waals surface area contributed by atoms with Gasteiger partial charge >= 0.3 is 0 Å². The van der Waals surface area contributed by atoms with Crippen LogP contribution in [0.1, 0.15) is 23.4 Å². The highest BCUT2D eigenvalue weighted by molar-refractivity contribution is 7.16. The molecule has 18 heavy (non-hydrogen) atoms. The number of hydrogen-bond donors (Lipinski definition) is 1. The van der Waals surface area contributed by atoms with Gasteiger partial charge in [0.15, 0.2) is 0 Å². The molecule has 0 saturated heterocycles. The van der Waals surface area contributed by atoms with Crippen LogP contribution in [-0.2, 0) is 6.54 Å². The summed E-state index contributed by atoms with van der Waals surface area (Å²) < 4.78 is 0.819. The van der Waals surface area contributed by atoms with Gasteiger partial charge in [0.2, 0.25) is 0 Å². The third kappa shape index (κ3) is 3.33. The molecule has 2 N–H and O–H groups in total. The lowest BCUT2D eigenvalue weighted by Crippen LogP contribution is -2.36. The highest BCUT2D eigenvalue weighted by Gasteiger charge is 2.23. The molecule has 0 fully saturated rings. The fourth-order valence-corrected chi connectivity index (χ4v) is 4.14. The van der Waals surface area contributed by atoms with Crippen LogP contribution in [0.4, 0.5) is 0 Å². The number of rotatable bonds is 5. The smallest absolute Gasteiger partial charge is 0.0931 e. The molecule has 0 bridgehead atoms. The maximum atomic E-state index is 6.13. The van der Waals surface area contributed by atoms with Crippen molar-refractivity contribution in [3.63, 3.8) is 0 Å². The van der Waals surface area contributed by atoms with Crippen molar-refractivity contribution < 1.29 is 0 Å². The van der Waals surface area contributed by atoms with Gasteiger partial charge in [-0.05, 0) is 48.5 Å². The molecular formula is C13H17ClN2S2. The Morgan fingerprint density at radius 2 is 2.17 bits per heavy atom. The molecule has 2 unspecified atom stereocenters. The topological polar surface area (TPSA) is 29.3 Å². The molecule has 5 heteroatoms.